The van der Waals surface area contributed by atoms with Crippen molar-refractivity contribution in [3.63, 3.8) is 0 Å². The molecule has 1 aromatic carbocycles. The highest BCUT2D eigenvalue weighted by Gasteiger charge is 2.30. The predicted molar refractivity (Wildman–Crippen MR) is 59.3 cm³/mol. The molecule has 0 aliphatic rings. The van der Waals surface area contributed by atoms with Crippen LogP contribution in [0.1, 0.15) is 5.56 Å². The third-order valence-corrected chi connectivity index (χ3v) is 2.38. The molecule has 3 nitrogen and oxygen atoms in total. The first-order chi connectivity index (χ1) is 8.52. The van der Waals surface area contributed by atoms with Crippen LogP contribution in [0.25, 0.3) is 10.9 Å². The van der Waals surface area contributed by atoms with E-state index in [0.717, 1.165) is 12.1 Å². The van der Waals surface area contributed by atoms with Crippen molar-refractivity contribution in [2.24, 2.45) is 0 Å². The van der Waals surface area contributed by atoms with Gasteiger partial charge in [-0.05, 0) is 24.3 Å². The van der Waals surface area contributed by atoms with Gasteiger partial charge in [0.2, 0.25) is 0 Å². The Morgan fingerprint density at radius 2 is 2.00 bits per heavy atom. The lowest BCUT2D eigenvalue weighted by Gasteiger charge is -2.10. The maximum Gasteiger partial charge on any atom is 0.416 e. The highest BCUT2D eigenvalue weighted by atomic mass is 19.4. The number of aliphatic hydroxyl groups excluding tert-OH is 1. The summed E-state index contributed by atoms with van der Waals surface area (Å²) in [5.74, 6) is 0.278. The van der Waals surface area contributed by atoms with Gasteiger partial charge in [0, 0.05) is 11.6 Å². The summed E-state index contributed by atoms with van der Waals surface area (Å²) in [6.07, 6.45) is -2.96. The largest absolute Gasteiger partial charge is 0.490 e. The maximum absolute atomic E-state index is 12.6. The highest BCUT2D eigenvalue weighted by Crippen LogP contribution is 2.33. The van der Waals surface area contributed by atoms with Crippen LogP contribution in [0.15, 0.2) is 30.5 Å². The Morgan fingerprint density at radius 1 is 1.22 bits per heavy atom. The molecule has 1 aromatic heterocycles. The Balaban J connectivity index is 2.51. The van der Waals surface area contributed by atoms with Gasteiger partial charge >= 0.3 is 6.18 Å². The minimum atomic E-state index is -4.40. The Labute approximate surface area is 101 Å². The number of fused-ring (bicyclic) bond motifs is 1. The summed E-state index contributed by atoms with van der Waals surface area (Å²) in [5, 5.41) is 8.94. The molecule has 0 atom stereocenters. The van der Waals surface area contributed by atoms with Gasteiger partial charge in [0.15, 0.2) is 0 Å². The monoisotopic (exact) mass is 257 g/mol. The van der Waals surface area contributed by atoms with Crippen molar-refractivity contribution in [3.05, 3.63) is 36.0 Å². The van der Waals surface area contributed by atoms with E-state index in [9.17, 15) is 13.2 Å². The molecule has 96 valence electrons. The van der Waals surface area contributed by atoms with Crippen LogP contribution in [-0.2, 0) is 6.18 Å². The zero-order valence-electron chi connectivity index (χ0n) is 9.24. The zero-order chi connectivity index (χ0) is 13.2. The lowest BCUT2D eigenvalue weighted by atomic mass is 10.1. The van der Waals surface area contributed by atoms with Crippen LogP contribution in [0.2, 0.25) is 0 Å². The zero-order valence-corrected chi connectivity index (χ0v) is 9.24. The number of ether oxygens (including phenoxy) is 1. The van der Waals surface area contributed by atoms with E-state index < -0.39 is 11.7 Å². The predicted octanol–water partition coefficient (Wildman–Crippen LogP) is 2.62. The normalized spacial score (nSPS) is 11.8. The number of aliphatic hydroxyl groups is 1. The molecule has 0 aliphatic heterocycles. The van der Waals surface area contributed by atoms with Gasteiger partial charge in [0.25, 0.3) is 0 Å². The second-order valence-electron chi connectivity index (χ2n) is 3.61. The Kier molecular flexibility index (Phi) is 3.38. The molecule has 1 heterocycles. The molecule has 18 heavy (non-hydrogen) atoms. The van der Waals surface area contributed by atoms with Gasteiger partial charge < -0.3 is 9.84 Å². The summed E-state index contributed by atoms with van der Waals surface area (Å²) in [6, 6.07) is 4.74. The lowest BCUT2D eigenvalue weighted by Crippen LogP contribution is -2.06. The van der Waals surface area contributed by atoms with E-state index in [1.807, 2.05) is 0 Å². The Hall–Kier alpha value is -1.82. The number of alkyl halides is 3. The molecule has 0 aliphatic carbocycles. The number of halogens is 3. The SMILES string of the molecule is OCCOc1ccnc2ccc(C(F)(F)F)cc12. The van der Waals surface area contributed by atoms with Crippen molar-refractivity contribution >= 4 is 10.9 Å². The molecule has 6 heteroatoms. The molecule has 2 aromatic rings. The lowest BCUT2D eigenvalue weighted by molar-refractivity contribution is -0.137. The summed E-state index contributed by atoms with van der Waals surface area (Å²) >= 11 is 0. The minimum Gasteiger partial charge on any atom is -0.490 e. The smallest absolute Gasteiger partial charge is 0.416 e. The van der Waals surface area contributed by atoms with Crippen LogP contribution in [0, 0.1) is 0 Å². The molecule has 0 bridgehead atoms. The molecule has 0 amide bonds. The molecule has 0 saturated heterocycles. The van der Waals surface area contributed by atoms with Crippen molar-refractivity contribution in [2.75, 3.05) is 13.2 Å². The summed E-state index contributed by atoms with van der Waals surface area (Å²) in [4.78, 5) is 3.96. The number of nitrogens with zero attached hydrogens (tertiary/aromatic N) is 1. The van der Waals surface area contributed by atoms with Crippen LogP contribution in [0.5, 0.6) is 5.75 Å². The molecule has 0 radical (unpaired) electrons. The van der Waals surface area contributed by atoms with Gasteiger partial charge in [-0.1, -0.05) is 0 Å². The van der Waals surface area contributed by atoms with Gasteiger partial charge in [-0.25, -0.2) is 0 Å². The van der Waals surface area contributed by atoms with Gasteiger partial charge in [0.05, 0.1) is 17.7 Å². The fourth-order valence-electron chi connectivity index (χ4n) is 1.58. The third-order valence-electron chi connectivity index (χ3n) is 2.38. The quantitative estimate of drug-likeness (QED) is 0.919. The summed E-state index contributed by atoms with van der Waals surface area (Å²) < 4.78 is 43.0. The van der Waals surface area contributed by atoms with Crippen LogP contribution in [0.3, 0.4) is 0 Å². The number of pyridine rings is 1. The van der Waals surface area contributed by atoms with Gasteiger partial charge in [-0.3, -0.25) is 4.98 Å². The molecule has 1 N–H and O–H groups in total. The average Bonchev–Trinajstić information content (AvgIpc) is 2.34. The van der Waals surface area contributed by atoms with E-state index in [4.69, 9.17) is 9.84 Å². The van der Waals surface area contributed by atoms with Crippen LogP contribution >= 0.6 is 0 Å². The minimum absolute atomic E-state index is 0.0232. The van der Waals surface area contributed by atoms with Gasteiger partial charge in [-0.15, -0.1) is 0 Å². The molecule has 0 fully saturated rings. The number of benzene rings is 1. The van der Waals surface area contributed by atoms with E-state index >= 15 is 0 Å². The van der Waals surface area contributed by atoms with Crippen molar-refractivity contribution < 1.29 is 23.0 Å². The molecular formula is C12H10F3NO2. The van der Waals surface area contributed by atoms with Crippen molar-refractivity contribution in [1.29, 1.82) is 0 Å². The molecule has 0 saturated carbocycles. The first kappa shape index (κ1) is 12.6. The number of aromatic nitrogens is 1. The second-order valence-corrected chi connectivity index (χ2v) is 3.61. The second kappa shape index (κ2) is 4.81. The molecule has 0 unspecified atom stereocenters. The van der Waals surface area contributed by atoms with Crippen molar-refractivity contribution in [1.82, 2.24) is 4.98 Å². The van der Waals surface area contributed by atoms with E-state index in [0.29, 0.717) is 5.52 Å². The molecule has 0 spiro atoms. The van der Waals surface area contributed by atoms with E-state index in [-0.39, 0.29) is 24.3 Å². The van der Waals surface area contributed by atoms with Crippen LogP contribution < -0.4 is 4.74 Å². The van der Waals surface area contributed by atoms with Crippen molar-refractivity contribution in [3.8, 4) is 5.75 Å². The first-order valence-corrected chi connectivity index (χ1v) is 5.22. The Bertz CT molecular complexity index is 555. The first-order valence-electron chi connectivity index (χ1n) is 5.22. The van der Waals surface area contributed by atoms with E-state index in [1.165, 1.54) is 18.3 Å². The van der Waals surface area contributed by atoms with Gasteiger partial charge in [0.1, 0.15) is 12.4 Å². The highest BCUT2D eigenvalue weighted by molar-refractivity contribution is 5.85. The molecule has 2 rings (SSSR count). The number of hydrogen-bond donors (Lipinski definition) is 1. The molecular weight excluding hydrogens is 247 g/mol. The van der Waals surface area contributed by atoms with Crippen molar-refractivity contribution in [2.45, 2.75) is 6.18 Å². The Morgan fingerprint density at radius 3 is 2.67 bits per heavy atom. The third kappa shape index (κ3) is 2.53. The number of rotatable bonds is 3. The van der Waals surface area contributed by atoms with Crippen LogP contribution in [-0.4, -0.2) is 23.3 Å². The van der Waals surface area contributed by atoms with E-state index in [2.05, 4.69) is 4.98 Å². The summed E-state index contributed by atoms with van der Waals surface area (Å²) in [5.41, 5.74) is -0.338. The van der Waals surface area contributed by atoms with Crippen LogP contribution in [0.4, 0.5) is 13.2 Å². The maximum atomic E-state index is 12.6. The summed E-state index contributed by atoms with van der Waals surface area (Å²) in [7, 11) is 0. The van der Waals surface area contributed by atoms with E-state index in [1.54, 1.807) is 0 Å². The average molecular weight is 257 g/mol. The summed E-state index contributed by atoms with van der Waals surface area (Å²) in [6.45, 7) is -0.182. The fraction of sp³-hybridized carbons (Fsp3) is 0.250. The topological polar surface area (TPSA) is 42.4 Å². The standard InChI is InChI=1S/C12H10F3NO2/c13-12(14,15)8-1-2-10-9(7-8)11(3-4-16-10)18-6-5-17/h1-4,7,17H,5-6H2. The van der Waals surface area contributed by atoms with Gasteiger partial charge in [-0.2, -0.15) is 13.2 Å². The fourth-order valence-corrected chi connectivity index (χ4v) is 1.58. The number of hydrogen-bond acceptors (Lipinski definition) is 3.